The summed E-state index contributed by atoms with van der Waals surface area (Å²) in [7, 11) is 0. The van der Waals surface area contributed by atoms with Gasteiger partial charge < -0.3 is 4.57 Å². The van der Waals surface area contributed by atoms with Gasteiger partial charge in [0.1, 0.15) is 0 Å². The number of rotatable bonds is 6. The first-order valence-corrected chi connectivity index (χ1v) is 19.9. The van der Waals surface area contributed by atoms with Gasteiger partial charge >= 0.3 is 0 Å². The van der Waals surface area contributed by atoms with Crippen molar-refractivity contribution in [2.75, 3.05) is 0 Å². The fourth-order valence-electron chi connectivity index (χ4n) is 9.18. The first-order chi connectivity index (χ1) is 28.5. The summed E-state index contributed by atoms with van der Waals surface area (Å²) in [5.74, 6) is 1.92. The van der Waals surface area contributed by atoms with Crippen LogP contribution >= 0.6 is 0 Å². The van der Waals surface area contributed by atoms with E-state index in [2.05, 4.69) is 176 Å². The van der Waals surface area contributed by atoms with Crippen LogP contribution < -0.4 is 0 Å². The van der Waals surface area contributed by atoms with Gasteiger partial charge in [0.25, 0.3) is 0 Å². The van der Waals surface area contributed by atoms with Crippen LogP contribution in [0.2, 0.25) is 0 Å². The van der Waals surface area contributed by atoms with Crippen LogP contribution in [0.5, 0.6) is 0 Å². The largest absolute Gasteiger partial charge is 0.309 e. The highest BCUT2D eigenvalue weighted by Gasteiger charge is 2.37. The smallest absolute Gasteiger partial charge is 0.164 e. The Balaban J connectivity index is 1.20. The van der Waals surface area contributed by atoms with Gasteiger partial charge in [0.05, 0.1) is 11.0 Å². The molecule has 274 valence electrons. The van der Waals surface area contributed by atoms with E-state index in [1.807, 2.05) is 36.4 Å². The molecule has 1 aliphatic rings. The third-order valence-corrected chi connectivity index (χ3v) is 11.8. The molecule has 8 aromatic carbocycles. The van der Waals surface area contributed by atoms with Crippen molar-refractivity contribution in [3.8, 4) is 73.2 Å². The molecule has 0 saturated heterocycles. The molecule has 0 amide bonds. The molecule has 0 radical (unpaired) electrons. The van der Waals surface area contributed by atoms with Crippen LogP contribution in [0.15, 0.2) is 194 Å². The van der Waals surface area contributed by atoms with Crippen molar-refractivity contribution in [3.63, 3.8) is 0 Å². The predicted molar refractivity (Wildman–Crippen MR) is 239 cm³/mol. The summed E-state index contributed by atoms with van der Waals surface area (Å²) < 4.78 is 2.40. The lowest BCUT2D eigenvalue weighted by Gasteiger charge is -2.24. The molecule has 4 nitrogen and oxygen atoms in total. The van der Waals surface area contributed by atoms with Crippen molar-refractivity contribution >= 4 is 21.8 Å². The van der Waals surface area contributed by atoms with E-state index in [4.69, 9.17) is 15.0 Å². The van der Waals surface area contributed by atoms with Crippen LogP contribution in [0.3, 0.4) is 0 Å². The Morgan fingerprint density at radius 1 is 0.379 bits per heavy atom. The molecule has 10 aromatic rings. The molecule has 0 spiro atoms. The van der Waals surface area contributed by atoms with Gasteiger partial charge in [-0.1, -0.05) is 178 Å². The Morgan fingerprint density at radius 2 is 0.931 bits per heavy atom. The number of benzene rings is 8. The van der Waals surface area contributed by atoms with E-state index >= 15 is 0 Å². The predicted octanol–water partition coefficient (Wildman–Crippen LogP) is 13.6. The second kappa shape index (κ2) is 13.4. The maximum atomic E-state index is 5.23. The van der Waals surface area contributed by atoms with Crippen LogP contribution in [0.1, 0.15) is 25.0 Å². The van der Waals surface area contributed by atoms with Gasteiger partial charge in [0, 0.05) is 38.6 Å². The van der Waals surface area contributed by atoms with Gasteiger partial charge in [0.2, 0.25) is 0 Å². The second-order valence-corrected chi connectivity index (χ2v) is 15.6. The lowest BCUT2D eigenvalue weighted by atomic mass is 9.79. The Bertz CT molecular complexity index is 3120. The van der Waals surface area contributed by atoms with Crippen molar-refractivity contribution < 1.29 is 0 Å². The molecular formula is C54H38N4. The van der Waals surface area contributed by atoms with Gasteiger partial charge in [-0.2, -0.15) is 0 Å². The highest BCUT2D eigenvalue weighted by Crippen LogP contribution is 2.52. The summed E-state index contributed by atoms with van der Waals surface area (Å²) in [6, 6.07) is 69.0. The molecule has 11 rings (SSSR count). The third kappa shape index (κ3) is 5.41. The van der Waals surface area contributed by atoms with Crippen molar-refractivity contribution in [3.05, 3.63) is 205 Å². The van der Waals surface area contributed by atoms with E-state index < -0.39 is 0 Å². The monoisotopic (exact) mass is 742 g/mol. The zero-order valence-electron chi connectivity index (χ0n) is 32.3. The molecular weight excluding hydrogens is 705 g/mol. The van der Waals surface area contributed by atoms with E-state index in [-0.39, 0.29) is 5.41 Å². The van der Waals surface area contributed by atoms with Crippen LogP contribution in [-0.4, -0.2) is 19.5 Å². The highest BCUT2D eigenvalue weighted by atomic mass is 15.0. The first kappa shape index (κ1) is 33.9. The van der Waals surface area contributed by atoms with Crippen LogP contribution in [0, 0.1) is 0 Å². The van der Waals surface area contributed by atoms with Gasteiger partial charge in [-0.05, 0) is 74.8 Å². The fourth-order valence-corrected chi connectivity index (χ4v) is 9.18. The summed E-state index contributed by atoms with van der Waals surface area (Å²) >= 11 is 0. The molecule has 0 unspecified atom stereocenters. The fraction of sp³-hybridized carbons (Fsp3) is 0.0556. The van der Waals surface area contributed by atoms with E-state index in [1.165, 1.54) is 44.5 Å². The standard InChI is InChI=1S/C54H38N4/c1-54(2)46-29-13-12-25-42(46)43-27-15-26-41(50(43)54)39-31-32-47-45(34-39)49-44(28-16-30-48(49)58(47)40-24-14-23-38(33-40)35-17-6-3-7-18-35)53-56-51(36-19-8-4-9-20-36)55-52(57-53)37-21-10-5-11-22-37/h3-34H,1-2H3. The minimum Gasteiger partial charge on any atom is -0.309 e. The van der Waals surface area contributed by atoms with Gasteiger partial charge in [-0.3, -0.25) is 0 Å². The Labute approximate surface area is 337 Å². The molecule has 2 aromatic heterocycles. The first-order valence-electron chi connectivity index (χ1n) is 19.9. The van der Waals surface area contributed by atoms with Crippen molar-refractivity contribution in [1.82, 2.24) is 19.5 Å². The van der Waals surface area contributed by atoms with Crippen molar-refractivity contribution in [1.29, 1.82) is 0 Å². The lowest BCUT2D eigenvalue weighted by Crippen LogP contribution is -2.16. The number of fused-ring (bicyclic) bond motifs is 6. The molecule has 0 fully saturated rings. The molecule has 0 aliphatic heterocycles. The minimum atomic E-state index is -0.152. The van der Waals surface area contributed by atoms with Gasteiger partial charge in [-0.25, -0.2) is 15.0 Å². The molecule has 4 heteroatoms. The maximum Gasteiger partial charge on any atom is 0.164 e. The summed E-state index contributed by atoms with van der Waals surface area (Å²) in [5, 5.41) is 2.24. The normalized spacial score (nSPS) is 12.8. The number of nitrogens with zero attached hydrogens (tertiary/aromatic N) is 4. The second-order valence-electron chi connectivity index (χ2n) is 15.6. The molecule has 2 heterocycles. The van der Waals surface area contributed by atoms with Gasteiger partial charge in [0.15, 0.2) is 17.5 Å². The summed E-state index contributed by atoms with van der Waals surface area (Å²) in [6.45, 7) is 4.72. The zero-order chi connectivity index (χ0) is 38.8. The molecule has 58 heavy (non-hydrogen) atoms. The maximum absolute atomic E-state index is 5.23. The number of aromatic nitrogens is 4. The molecule has 0 N–H and O–H groups in total. The Morgan fingerprint density at radius 3 is 1.66 bits per heavy atom. The SMILES string of the molecule is CC1(C)c2ccccc2-c2cccc(-c3ccc4c(c3)c3c(-c5nc(-c6ccccc6)nc(-c6ccccc6)n5)cccc3n4-c3cccc(-c4ccccc4)c3)c21. The zero-order valence-corrected chi connectivity index (χ0v) is 32.3. The van der Waals surface area contributed by atoms with E-state index in [1.54, 1.807) is 0 Å². The molecule has 0 saturated carbocycles. The van der Waals surface area contributed by atoms with Crippen molar-refractivity contribution in [2.24, 2.45) is 0 Å². The van der Waals surface area contributed by atoms with E-state index in [0.717, 1.165) is 44.2 Å². The molecule has 1 aliphatic carbocycles. The molecule has 0 atom stereocenters. The van der Waals surface area contributed by atoms with E-state index in [0.29, 0.717) is 17.5 Å². The third-order valence-electron chi connectivity index (χ3n) is 11.8. The summed E-state index contributed by atoms with van der Waals surface area (Å²) in [4.78, 5) is 15.5. The highest BCUT2D eigenvalue weighted by molar-refractivity contribution is 6.16. The van der Waals surface area contributed by atoms with Crippen LogP contribution in [-0.2, 0) is 5.41 Å². The summed E-state index contributed by atoms with van der Waals surface area (Å²) in [6.07, 6.45) is 0. The minimum absolute atomic E-state index is 0.152. The van der Waals surface area contributed by atoms with Gasteiger partial charge in [-0.15, -0.1) is 0 Å². The Kier molecular flexibility index (Phi) is 7.80. The van der Waals surface area contributed by atoms with E-state index in [9.17, 15) is 0 Å². The lowest BCUT2D eigenvalue weighted by molar-refractivity contribution is 0.662. The van der Waals surface area contributed by atoms with Crippen LogP contribution in [0.4, 0.5) is 0 Å². The average molecular weight is 743 g/mol. The topological polar surface area (TPSA) is 43.6 Å². The number of hydrogen-bond acceptors (Lipinski definition) is 3. The van der Waals surface area contributed by atoms with Crippen LogP contribution in [0.25, 0.3) is 95.0 Å². The quantitative estimate of drug-likeness (QED) is 0.170. The molecule has 0 bridgehead atoms. The Hall–Kier alpha value is -7.43. The summed E-state index contributed by atoms with van der Waals surface area (Å²) in [5.41, 5.74) is 16.1. The average Bonchev–Trinajstić information content (AvgIpc) is 3.75. The van der Waals surface area contributed by atoms with Crippen molar-refractivity contribution in [2.45, 2.75) is 19.3 Å². The number of hydrogen-bond donors (Lipinski definition) is 0.